The molecule has 0 saturated carbocycles. The summed E-state index contributed by atoms with van der Waals surface area (Å²) in [5, 5.41) is 4.61. The lowest BCUT2D eigenvalue weighted by molar-refractivity contribution is 0.102. The molecule has 0 atom stereocenters. The van der Waals surface area contributed by atoms with Crippen LogP contribution >= 0.6 is 11.3 Å². The van der Waals surface area contributed by atoms with Crippen LogP contribution in [0.5, 0.6) is 0 Å². The van der Waals surface area contributed by atoms with Gasteiger partial charge in [-0.3, -0.25) is 4.79 Å². The second-order valence-electron chi connectivity index (χ2n) is 4.98. The summed E-state index contributed by atoms with van der Waals surface area (Å²) in [6.07, 6.45) is 0. The van der Waals surface area contributed by atoms with Crippen molar-refractivity contribution < 1.29 is 13.6 Å². The third kappa shape index (κ3) is 3.43. The van der Waals surface area contributed by atoms with Gasteiger partial charge in [0.2, 0.25) is 0 Å². The van der Waals surface area contributed by atoms with Gasteiger partial charge in [0.1, 0.15) is 22.3 Å². The van der Waals surface area contributed by atoms with E-state index < -0.39 is 17.5 Å². The monoisotopic (exact) mass is 330 g/mol. The maximum absolute atomic E-state index is 13.6. The normalized spacial score (nSPS) is 10.6. The number of thiazole rings is 1. The van der Waals surface area contributed by atoms with E-state index in [9.17, 15) is 13.6 Å². The van der Waals surface area contributed by atoms with E-state index in [2.05, 4.69) is 10.3 Å². The summed E-state index contributed by atoms with van der Waals surface area (Å²) >= 11 is 1.31. The number of benzene rings is 2. The number of aromatic nitrogens is 1. The highest BCUT2D eigenvalue weighted by molar-refractivity contribution is 7.13. The Morgan fingerprint density at radius 3 is 2.61 bits per heavy atom. The number of amides is 1. The number of halogens is 2. The predicted molar refractivity (Wildman–Crippen MR) is 86.6 cm³/mol. The zero-order valence-electron chi connectivity index (χ0n) is 12.1. The third-order valence-electron chi connectivity index (χ3n) is 3.21. The molecule has 1 heterocycles. The maximum atomic E-state index is 13.6. The van der Waals surface area contributed by atoms with Crippen LogP contribution in [0.25, 0.3) is 10.6 Å². The largest absolute Gasteiger partial charge is 0.318 e. The SMILES string of the molecule is Cc1ccc(-c2nc(C(=O)Nc3cc(F)ccc3F)cs2)cc1. The van der Waals surface area contributed by atoms with E-state index in [0.717, 1.165) is 29.3 Å². The molecule has 0 fully saturated rings. The number of aryl methyl sites for hydroxylation is 1. The highest BCUT2D eigenvalue weighted by Crippen LogP contribution is 2.25. The van der Waals surface area contributed by atoms with E-state index in [1.807, 2.05) is 31.2 Å². The molecule has 0 aliphatic rings. The fourth-order valence-electron chi connectivity index (χ4n) is 1.99. The number of carbonyl (C=O) groups is 1. The Morgan fingerprint density at radius 2 is 1.87 bits per heavy atom. The van der Waals surface area contributed by atoms with Gasteiger partial charge in [-0.25, -0.2) is 13.8 Å². The Labute approximate surface area is 135 Å². The zero-order chi connectivity index (χ0) is 16.4. The molecule has 3 rings (SSSR count). The average molecular weight is 330 g/mol. The summed E-state index contributed by atoms with van der Waals surface area (Å²) in [6.45, 7) is 1.98. The van der Waals surface area contributed by atoms with Gasteiger partial charge in [0.05, 0.1) is 5.69 Å². The molecule has 2 aromatic carbocycles. The smallest absolute Gasteiger partial charge is 0.275 e. The molecular formula is C17H12F2N2OS. The van der Waals surface area contributed by atoms with Crippen LogP contribution in [-0.4, -0.2) is 10.9 Å². The molecule has 3 aromatic rings. The Bertz CT molecular complexity index is 859. The molecule has 0 bridgehead atoms. The standard InChI is InChI=1S/C17H12F2N2OS/c1-10-2-4-11(5-3-10)17-21-15(9-23-17)16(22)20-14-8-12(18)6-7-13(14)19/h2-9H,1H3,(H,20,22). The topological polar surface area (TPSA) is 42.0 Å². The lowest BCUT2D eigenvalue weighted by Gasteiger charge is -2.04. The lowest BCUT2D eigenvalue weighted by atomic mass is 10.2. The number of anilines is 1. The number of carbonyl (C=O) groups excluding carboxylic acids is 1. The van der Waals surface area contributed by atoms with Crippen molar-refractivity contribution in [3.63, 3.8) is 0 Å². The Morgan fingerprint density at radius 1 is 1.13 bits per heavy atom. The molecule has 0 aliphatic heterocycles. The van der Waals surface area contributed by atoms with Crippen molar-refractivity contribution in [3.05, 3.63) is 70.7 Å². The minimum absolute atomic E-state index is 0.161. The molecule has 1 N–H and O–H groups in total. The van der Waals surface area contributed by atoms with Gasteiger partial charge < -0.3 is 5.32 Å². The summed E-state index contributed by atoms with van der Waals surface area (Å²) in [5.74, 6) is -1.90. The van der Waals surface area contributed by atoms with Crippen LogP contribution < -0.4 is 5.32 Å². The highest BCUT2D eigenvalue weighted by atomic mass is 32.1. The number of nitrogens with zero attached hydrogens (tertiary/aromatic N) is 1. The second kappa shape index (κ2) is 6.26. The van der Waals surface area contributed by atoms with E-state index in [1.165, 1.54) is 11.3 Å². The lowest BCUT2D eigenvalue weighted by Crippen LogP contribution is -2.13. The van der Waals surface area contributed by atoms with Gasteiger partial charge >= 0.3 is 0 Å². The Kier molecular flexibility index (Phi) is 4.16. The van der Waals surface area contributed by atoms with Crippen molar-refractivity contribution in [3.8, 4) is 10.6 Å². The van der Waals surface area contributed by atoms with Crippen LogP contribution in [-0.2, 0) is 0 Å². The van der Waals surface area contributed by atoms with Crippen molar-refractivity contribution in [2.45, 2.75) is 6.92 Å². The van der Waals surface area contributed by atoms with Gasteiger partial charge in [-0.15, -0.1) is 11.3 Å². The molecule has 0 radical (unpaired) electrons. The molecule has 0 saturated heterocycles. The van der Waals surface area contributed by atoms with Crippen LogP contribution in [0.15, 0.2) is 47.8 Å². The number of rotatable bonds is 3. The van der Waals surface area contributed by atoms with Crippen LogP contribution in [0.1, 0.15) is 16.1 Å². The van der Waals surface area contributed by atoms with Crippen molar-refractivity contribution in [1.82, 2.24) is 4.98 Å². The molecule has 116 valence electrons. The van der Waals surface area contributed by atoms with Gasteiger partial charge in [-0.05, 0) is 19.1 Å². The first-order valence-corrected chi connectivity index (χ1v) is 7.70. The van der Waals surface area contributed by atoms with E-state index >= 15 is 0 Å². The van der Waals surface area contributed by atoms with Crippen molar-refractivity contribution >= 4 is 22.9 Å². The number of hydrogen-bond donors (Lipinski definition) is 1. The predicted octanol–water partition coefficient (Wildman–Crippen LogP) is 4.65. The molecule has 1 amide bonds. The summed E-state index contributed by atoms with van der Waals surface area (Å²) in [6, 6.07) is 10.6. The van der Waals surface area contributed by atoms with Crippen molar-refractivity contribution in [2.24, 2.45) is 0 Å². The van der Waals surface area contributed by atoms with Gasteiger partial charge in [-0.2, -0.15) is 0 Å². The van der Waals surface area contributed by atoms with Crippen molar-refractivity contribution in [1.29, 1.82) is 0 Å². The first-order chi connectivity index (χ1) is 11.0. The van der Waals surface area contributed by atoms with Crippen molar-refractivity contribution in [2.75, 3.05) is 5.32 Å². The Balaban J connectivity index is 1.81. The maximum Gasteiger partial charge on any atom is 0.275 e. The third-order valence-corrected chi connectivity index (χ3v) is 4.10. The van der Waals surface area contributed by atoms with E-state index in [0.29, 0.717) is 5.01 Å². The summed E-state index contributed by atoms with van der Waals surface area (Å²) in [7, 11) is 0. The van der Waals surface area contributed by atoms with Crippen LogP contribution in [0.2, 0.25) is 0 Å². The molecule has 23 heavy (non-hydrogen) atoms. The summed E-state index contributed by atoms with van der Waals surface area (Å²) < 4.78 is 26.7. The van der Waals surface area contributed by atoms with Crippen LogP contribution in [0, 0.1) is 18.6 Å². The summed E-state index contributed by atoms with van der Waals surface area (Å²) in [5.41, 5.74) is 1.98. The minimum atomic E-state index is -0.700. The van der Waals surface area contributed by atoms with E-state index in [-0.39, 0.29) is 11.4 Å². The molecule has 0 aliphatic carbocycles. The van der Waals surface area contributed by atoms with Crippen LogP contribution in [0.3, 0.4) is 0 Å². The van der Waals surface area contributed by atoms with Gasteiger partial charge in [-0.1, -0.05) is 29.8 Å². The minimum Gasteiger partial charge on any atom is -0.318 e. The highest BCUT2D eigenvalue weighted by Gasteiger charge is 2.14. The summed E-state index contributed by atoms with van der Waals surface area (Å²) in [4.78, 5) is 16.4. The Hall–Kier alpha value is -2.60. The quantitative estimate of drug-likeness (QED) is 0.759. The van der Waals surface area contributed by atoms with Crippen LogP contribution in [0.4, 0.5) is 14.5 Å². The van der Waals surface area contributed by atoms with E-state index in [4.69, 9.17) is 0 Å². The molecule has 1 aromatic heterocycles. The molecule has 3 nitrogen and oxygen atoms in total. The van der Waals surface area contributed by atoms with Gasteiger partial charge in [0.25, 0.3) is 5.91 Å². The first-order valence-electron chi connectivity index (χ1n) is 6.82. The molecular weight excluding hydrogens is 318 g/mol. The first kappa shape index (κ1) is 15.3. The molecule has 0 unspecified atom stereocenters. The molecule has 0 spiro atoms. The fraction of sp³-hybridized carbons (Fsp3) is 0.0588. The average Bonchev–Trinajstić information content (AvgIpc) is 3.02. The van der Waals surface area contributed by atoms with Gasteiger partial charge in [0, 0.05) is 17.0 Å². The second-order valence-corrected chi connectivity index (χ2v) is 5.84. The number of hydrogen-bond acceptors (Lipinski definition) is 3. The zero-order valence-corrected chi connectivity index (χ0v) is 13.0. The molecule has 6 heteroatoms. The fourth-order valence-corrected chi connectivity index (χ4v) is 2.79. The van der Waals surface area contributed by atoms with E-state index in [1.54, 1.807) is 5.38 Å². The van der Waals surface area contributed by atoms with Gasteiger partial charge in [0.15, 0.2) is 0 Å². The number of nitrogens with one attached hydrogen (secondary N) is 1.